The van der Waals surface area contributed by atoms with E-state index < -0.39 is 41.0 Å². The Balaban J connectivity index is 0.000000182. The molecule has 6 N–H and O–H groups in total. The predicted molar refractivity (Wildman–Crippen MR) is 270 cm³/mol. The van der Waals surface area contributed by atoms with Crippen LogP contribution in [-0.2, 0) is 60.2 Å². The van der Waals surface area contributed by atoms with Crippen LogP contribution in [0.15, 0.2) is 73.1 Å². The van der Waals surface area contributed by atoms with Crippen molar-refractivity contribution >= 4 is 43.6 Å². The van der Waals surface area contributed by atoms with Crippen molar-refractivity contribution in [3.8, 4) is 23.7 Å². The average Bonchev–Trinajstić information content (AvgIpc) is 3.97. The molecule has 4 amide bonds. The number of likely N-dealkylation sites (tertiary alicyclic amines) is 2. The van der Waals surface area contributed by atoms with Crippen LogP contribution in [0.4, 0.5) is 9.59 Å². The number of benzene rings is 2. The number of hydroxylamine groups is 2. The summed E-state index contributed by atoms with van der Waals surface area (Å²) in [5.41, 5.74) is 16.4. The van der Waals surface area contributed by atoms with Gasteiger partial charge in [0.2, 0.25) is 0 Å². The zero-order valence-corrected chi connectivity index (χ0v) is 43.3. The minimum absolute atomic E-state index is 0.0381. The van der Waals surface area contributed by atoms with Crippen LogP contribution in [0.25, 0.3) is 0 Å². The van der Waals surface area contributed by atoms with Crippen molar-refractivity contribution in [1.82, 2.24) is 39.7 Å². The van der Waals surface area contributed by atoms with Crippen molar-refractivity contribution in [2.75, 3.05) is 65.0 Å². The van der Waals surface area contributed by atoms with Crippen molar-refractivity contribution in [3.05, 3.63) is 118 Å². The van der Waals surface area contributed by atoms with E-state index in [1.165, 1.54) is 54.9 Å². The fourth-order valence-electron chi connectivity index (χ4n) is 10.4. The van der Waals surface area contributed by atoms with E-state index in [2.05, 4.69) is 57.7 Å². The number of hydrogen-bond donors (Lipinski definition) is 5. The van der Waals surface area contributed by atoms with Gasteiger partial charge in [-0.05, 0) is 86.1 Å². The van der Waals surface area contributed by atoms with Gasteiger partial charge in [-0.1, -0.05) is 47.9 Å². The number of sulfone groups is 2. The Labute approximate surface area is 430 Å². The molecule has 6 aliphatic rings. The molecule has 0 bridgehead atoms. The fourth-order valence-corrected chi connectivity index (χ4v) is 12.1. The van der Waals surface area contributed by atoms with Crippen LogP contribution in [0.1, 0.15) is 71.5 Å². The number of carbonyl (C=O) groups excluding carboxylic acids is 4. The Morgan fingerprint density at radius 2 is 1.07 bits per heavy atom. The number of rotatable bonds is 14. The summed E-state index contributed by atoms with van der Waals surface area (Å²) in [5.74, 6) is 11.8. The summed E-state index contributed by atoms with van der Waals surface area (Å²) in [6.45, 7) is 11.1. The lowest BCUT2D eigenvalue weighted by Crippen LogP contribution is -2.65. The fraction of sp³-hybridized carbons (Fsp3) is 0.462. The molecule has 4 atom stereocenters. The van der Waals surface area contributed by atoms with Gasteiger partial charge in [0, 0.05) is 122 Å². The van der Waals surface area contributed by atoms with E-state index in [1.807, 2.05) is 36.4 Å². The minimum atomic E-state index is -3.83. The highest BCUT2D eigenvalue weighted by Crippen LogP contribution is 2.44. The standard InChI is InChI=1S/C26H31N5O5S.C26H30N4O6S/c1-26(24(32)28-34,37(2,35)36)9-10-30-14-20-11-19(13-31(20)25(30)33)8-5-17-3-6-18(7-4-17)12-29-15-21-22(16-29)23(21)27;1-25(23(31)27-33,37(2,34)35)9-10-29-14-22-11-21(13-30(22)24(29)32)8-5-19-3-6-20(7-4-19)12-28-15-26(16-28)17-36-18-26/h3-4,6-7,11,13,21-23,34H,9-10,12,14-16,27H2,1-2H3,(H,28,32);3-4,6-7,11,13,33H,9-10,12,14-18H2,1-2H3,(H,27,31)/t;25-/m.1/s1. The second-order valence-corrected chi connectivity index (χ2v) is 26.0. The van der Waals surface area contributed by atoms with Gasteiger partial charge in [0.1, 0.15) is 0 Å². The highest BCUT2D eigenvalue weighted by atomic mass is 32.2. The van der Waals surface area contributed by atoms with E-state index in [-0.39, 0.29) is 51.1 Å². The Kier molecular flexibility index (Phi) is 14.2. The summed E-state index contributed by atoms with van der Waals surface area (Å²) in [4.78, 5) is 57.5. The number of nitrogens with one attached hydrogen (secondary N) is 2. The first-order valence-corrected chi connectivity index (χ1v) is 28.1. The van der Waals surface area contributed by atoms with Crippen LogP contribution < -0.4 is 16.7 Å². The summed E-state index contributed by atoms with van der Waals surface area (Å²) >= 11 is 0. The lowest BCUT2D eigenvalue weighted by molar-refractivity contribution is -0.191. The van der Waals surface area contributed by atoms with Crippen molar-refractivity contribution < 1.29 is 51.2 Å². The molecule has 5 aliphatic heterocycles. The number of nitrogens with two attached hydrogens (primary N) is 1. The van der Waals surface area contributed by atoms with Gasteiger partial charge in [0.25, 0.3) is 11.8 Å². The molecule has 7 heterocycles. The van der Waals surface area contributed by atoms with Crippen molar-refractivity contribution in [2.24, 2.45) is 23.0 Å². The largest absolute Gasteiger partial charge is 0.380 e. The number of aromatic nitrogens is 2. The van der Waals surface area contributed by atoms with E-state index in [1.54, 1.807) is 12.4 Å². The van der Waals surface area contributed by atoms with E-state index in [0.29, 0.717) is 34.4 Å². The highest BCUT2D eigenvalue weighted by Gasteiger charge is 2.53. The molecule has 4 aromatic rings. The maximum Gasteiger partial charge on any atom is 0.328 e. The van der Waals surface area contributed by atoms with E-state index in [0.717, 1.165) is 87.5 Å². The molecule has 0 radical (unpaired) electrons. The monoisotopic (exact) mass is 1050 g/mol. The molecule has 22 heteroatoms. The molecule has 3 saturated heterocycles. The number of carbonyl (C=O) groups is 4. The second-order valence-electron chi connectivity index (χ2n) is 21.1. The van der Waals surface area contributed by atoms with Crippen LogP contribution in [0, 0.1) is 40.9 Å². The first kappa shape index (κ1) is 52.5. The molecule has 74 heavy (non-hydrogen) atoms. The molecule has 2 aromatic carbocycles. The maximum absolute atomic E-state index is 12.8. The van der Waals surface area contributed by atoms with Crippen molar-refractivity contribution in [2.45, 2.75) is 68.4 Å². The smallest absolute Gasteiger partial charge is 0.328 e. The van der Waals surface area contributed by atoms with Crippen LogP contribution in [0.5, 0.6) is 0 Å². The highest BCUT2D eigenvalue weighted by molar-refractivity contribution is 7.93. The van der Waals surface area contributed by atoms with Gasteiger partial charge < -0.3 is 20.3 Å². The van der Waals surface area contributed by atoms with Gasteiger partial charge >= 0.3 is 12.1 Å². The lowest BCUT2D eigenvalue weighted by Gasteiger charge is -2.55. The normalized spacial score (nSPS) is 22.0. The molecular weight excluding hydrogens is 991 g/mol. The molecule has 10 rings (SSSR count). The average molecular weight is 1050 g/mol. The third-order valence-electron chi connectivity index (χ3n) is 15.7. The Morgan fingerprint density at radius 1 is 0.676 bits per heavy atom. The molecule has 2 aromatic heterocycles. The van der Waals surface area contributed by atoms with Crippen molar-refractivity contribution in [3.63, 3.8) is 0 Å². The maximum atomic E-state index is 12.8. The van der Waals surface area contributed by atoms with Crippen LogP contribution in [0.3, 0.4) is 0 Å². The summed E-state index contributed by atoms with van der Waals surface area (Å²) in [7, 11) is -7.67. The molecule has 392 valence electrons. The van der Waals surface area contributed by atoms with E-state index in [4.69, 9.17) is 20.9 Å². The SMILES string of the molecule is CC(CCN1Cc2cc(C#Cc3ccc(CN4CC5C(N)C5C4)cc3)cn2C1=O)(C(=O)NO)S(C)(=O)=O.C[C@@](CCN1Cc2cc(C#Cc3ccc(CN4CC5(COC5)C4)cc3)cn2C1=O)(C(=O)NO)S(C)(=O)=O. The summed E-state index contributed by atoms with van der Waals surface area (Å²) in [6, 6.07) is 19.8. The number of amides is 4. The van der Waals surface area contributed by atoms with Crippen LogP contribution >= 0.6 is 0 Å². The Hall–Kier alpha value is -6.34. The predicted octanol–water partition coefficient (Wildman–Crippen LogP) is 1.96. The molecule has 3 unspecified atom stereocenters. The Bertz CT molecular complexity index is 3220. The summed E-state index contributed by atoms with van der Waals surface area (Å²) in [6.07, 6.45) is 4.90. The third kappa shape index (κ3) is 10.5. The molecule has 20 nitrogen and oxygen atoms in total. The van der Waals surface area contributed by atoms with E-state index in [9.17, 15) is 36.0 Å². The van der Waals surface area contributed by atoms with Gasteiger partial charge in [-0.15, -0.1) is 0 Å². The van der Waals surface area contributed by atoms with Crippen LogP contribution in [-0.4, -0.2) is 160 Å². The Morgan fingerprint density at radius 3 is 1.42 bits per heavy atom. The number of hydrogen-bond acceptors (Lipinski definition) is 14. The van der Waals surface area contributed by atoms with Gasteiger partial charge in [-0.2, -0.15) is 0 Å². The third-order valence-corrected chi connectivity index (χ3v) is 19.7. The second kappa shape index (κ2) is 20.1. The molecule has 1 saturated carbocycles. The topological polar surface area (TPSA) is 259 Å². The van der Waals surface area contributed by atoms with E-state index >= 15 is 0 Å². The molecule has 1 aliphatic carbocycles. The van der Waals surface area contributed by atoms with Gasteiger partial charge in [0.15, 0.2) is 29.2 Å². The van der Waals surface area contributed by atoms with Gasteiger partial charge in [-0.25, -0.2) is 37.4 Å². The lowest BCUT2D eigenvalue weighted by atomic mass is 9.78. The first-order chi connectivity index (χ1) is 35.0. The summed E-state index contributed by atoms with van der Waals surface area (Å²) < 4.78 is 53.2. The number of nitrogens with zero attached hydrogens (tertiary/aromatic N) is 6. The quantitative estimate of drug-likeness (QED) is 0.0688. The van der Waals surface area contributed by atoms with Crippen molar-refractivity contribution in [1.29, 1.82) is 0 Å². The summed E-state index contributed by atoms with van der Waals surface area (Å²) in [5, 5.41) is 17.9. The first-order valence-electron chi connectivity index (χ1n) is 24.3. The molecular formula is C52H61N9O11S2. The van der Waals surface area contributed by atoms with Crippen LogP contribution in [0.2, 0.25) is 0 Å². The zero-order valence-electron chi connectivity index (χ0n) is 41.7. The molecule has 1 spiro atoms. The number of ether oxygens (including phenoxy) is 1. The van der Waals surface area contributed by atoms with Gasteiger partial charge in [-0.3, -0.25) is 38.9 Å². The van der Waals surface area contributed by atoms with Gasteiger partial charge in [0.05, 0.1) is 26.3 Å². The number of piperidine rings is 1. The minimum Gasteiger partial charge on any atom is -0.380 e. The molecule has 4 fully saturated rings. The zero-order chi connectivity index (χ0) is 53.0. The number of fused-ring (bicyclic) bond motifs is 3.